The van der Waals surface area contributed by atoms with Crippen LogP contribution in [0.25, 0.3) is 0 Å². The molecular weight excluding hydrogens is 242 g/mol. The predicted molar refractivity (Wildman–Crippen MR) is 73.6 cm³/mol. The fourth-order valence-corrected chi connectivity index (χ4v) is 3.05. The fourth-order valence-electron chi connectivity index (χ4n) is 3.05. The highest BCUT2D eigenvalue weighted by atomic mass is 16.2. The molecule has 0 saturated carbocycles. The lowest BCUT2D eigenvalue weighted by Gasteiger charge is -2.34. The van der Waals surface area contributed by atoms with Crippen molar-refractivity contribution in [3.8, 4) is 0 Å². The Bertz CT molecular complexity index is 357. The van der Waals surface area contributed by atoms with Crippen LogP contribution >= 0.6 is 0 Å². The van der Waals surface area contributed by atoms with E-state index in [1.165, 1.54) is 0 Å². The summed E-state index contributed by atoms with van der Waals surface area (Å²) in [5.74, 6) is 1.01. The zero-order valence-electron chi connectivity index (χ0n) is 12.2. The van der Waals surface area contributed by atoms with Crippen LogP contribution in [0.1, 0.15) is 26.7 Å². The quantitative estimate of drug-likeness (QED) is 0.797. The van der Waals surface area contributed by atoms with Crippen LogP contribution in [0.2, 0.25) is 0 Å². The lowest BCUT2D eigenvalue weighted by atomic mass is 10.00. The van der Waals surface area contributed by atoms with E-state index in [1.807, 2.05) is 0 Å². The van der Waals surface area contributed by atoms with Crippen LogP contribution < -0.4 is 5.32 Å². The second-order valence-electron chi connectivity index (χ2n) is 6.39. The average Bonchev–Trinajstić information content (AvgIpc) is 2.70. The van der Waals surface area contributed by atoms with Gasteiger partial charge in [-0.2, -0.15) is 0 Å². The summed E-state index contributed by atoms with van der Waals surface area (Å²) in [6.45, 7) is 7.22. The summed E-state index contributed by atoms with van der Waals surface area (Å²) in [6.07, 6.45) is 1.85. The molecule has 0 spiro atoms. The van der Waals surface area contributed by atoms with Crippen molar-refractivity contribution >= 4 is 11.8 Å². The largest absolute Gasteiger partial charge is 0.343 e. The van der Waals surface area contributed by atoms with E-state index >= 15 is 0 Å². The Labute approximate surface area is 115 Å². The van der Waals surface area contributed by atoms with Crippen molar-refractivity contribution < 1.29 is 9.59 Å². The maximum atomic E-state index is 12.4. The number of hydrogen-bond acceptors (Lipinski definition) is 3. The molecule has 0 aromatic carbocycles. The normalized spacial score (nSPS) is 29.2. The van der Waals surface area contributed by atoms with Crippen LogP contribution in [0.5, 0.6) is 0 Å². The van der Waals surface area contributed by atoms with Gasteiger partial charge in [0.25, 0.3) is 0 Å². The van der Waals surface area contributed by atoms with E-state index in [1.54, 1.807) is 4.90 Å². The van der Waals surface area contributed by atoms with Gasteiger partial charge in [-0.3, -0.25) is 9.59 Å². The molecule has 2 fully saturated rings. The molecule has 1 N–H and O–H groups in total. The number of nitrogens with zero attached hydrogens (tertiary/aromatic N) is 2. The number of carbonyl (C=O) groups is 2. The molecule has 2 aliphatic heterocycles. The van der Waals surface area contributed by atoms with Crippen molar-refractivity contribution in [1.29, 1.82) is 0 Å². The van der Waals surface area contributed by atoms with Gasteiger partial charge in [0.05, 0.1) is 6.54 Å². The molecule has 2 heterocycles. The smallest absolute Gasteiger partial charge is 0.245 e. The predicted octanol–water partition coefficient (Wildman–Crippen LogP) is 0.311. The minimum absolute atomic E-state index is 0.0170. The number of rotatable bonds is 4. The summed E-state index contributed by atoms with van der Waals surface area (Å²) in [5, 5.41) is 2.82. The monoisotopic (exact) mass is 267 g/mol. The summed E-state index contributed by atoms with van der Waals surface area (Å²) in [4.78, 5) is 28.1. The molecule has 5 heteroatoms. The minimum Gasteiger partial charge on any atom is -0.343 e. The minimum atomic E-state index is -0.319. The van der Waals surface area contributed by atoms with Crippen molar-refractivity contribution in [3.63, 3.8) is 0 Å². The number of carbonyl (C=O) groups excluding carboxylic acids is 2. The summed E-state index contributed by atoms with van der Waals surface area (Å²) in [5.41, 5.74) is 0. The standard InChI is InChI=1S/C14H25N3O2/c1-10(2)6-12-14(19)17(9-13(18)15-12)8-11-4-5-16(3)7-11/h10-12H,4-9H2,1-3H3,(H,15,18). The van der Waals surface area contributed by atoms with Crippen molar-refractivity contribution in [2.75, 3.05) is 33.2 Å². The molecule has 108 valence electrons. The average molecular weight is 267 g/mol. The van der Waals surface area contributed by atoms with E-state index in [2.05, 4.69) is 31.1 Å². The van der Waals surface area contributed by atoms with Gasteiger partial charge < -0.3 is 15.1 Å². The van der Waals surface area contributed by atoms with E-state index in [0.29, 0.717) is 11.8 Å². The van der Waals surface area contributed by atoms with Crippen molar-refractivity contribution in [1.82, 2.24) is 15.1 Å². The highest BCUT2D eigenvalue weighted by Crippen LogP contribution is 2.18. The maximum Gasteiger partial charge on any atom is 0.245 e. The molecule has 2 atom stereocenters. The molecule has 5 nitrogen and oxygen atoms in total. The van der Waals surface area contributed by atoms with Crippen molar-refractivity contribution in [2.24, 2.45) is 11.8 Å². The third-order valence-corrected chi connectivity index (χ3v) is 3.95. The van der Waals surface area contributed by atoms with Gasteiger partial charge in [-0.1, -0.05) is 13.8 Å². The first-order valence-electron chi connectivity index (χ1n) is 7.22. The Morgan fingerprint density at radius 3 is 2.68 bits per heavy atom. The SMILES string of the molecule is CC(C)CC1NC(=O)CN(CC2CCN(C)C2)C1=O. The van der Waals surface area contributed by atoms with Gasteiger partial charge in [-0.05, 0) is 38.3 Å². The Balaban J connectivity index is 1.95. The highest BCUT2D eigenvalue weighted by molar-refractivity contribution is 5.94. The fraction of sp³-hybridized carbons (Fsp3) is 0.857. The number of amides is 2. The number of hydrogen-bond donors (Lipinski definition) is 1. The van der Waals surface area contributed by atoms with Crippen molar-refractivity contribution in [2.45, 2.75) is 32.7 Å². The number of likely N-dealkylation sites (tertiary alicyclic amines) is 1. The van der Waals surface area contributed by atoms with Crippen molar-refractivity contribution in [3.05, 3.63) is 0 Å². The Morgan fingerprint density at radius 2 is 2.11 bits per heavy atom. The van der Waals surface area contributed by atoms with Gasteiger partial charge in [-0.25, -0.2) is 0 Å². The first-order chi connectivity index (χ1) is 8.95. The van der Waals surface area contributed by atoms with Crippen LogP contribution in [0, 0.1) is 11.8 Å². The van der Waals surface area contributed by atoms with Crippen LogP contribution in [0.3, 0.4) is 0 Å². The Morgan fingerprint density at radius 1 is 1.37 bits per heavy atom. The maximum absolute atomic E-state index is 12.4. The molecule has 19 heavy (non-hydrogen) atoms. The molecule has 0 aromatic rings. The molecule has 0 bridgehead atoms. The van der Waals surface area contributed by atoms with Crippen LogP contribution in [0.4, 0.5) is 0 Å². The third-order valence-electron chi connectivity index (χ3n) is 3.95. The second-order valence-corrected chi connectivity index (χ2v) is 6.39. The van der Waals surface area contributed by atoms with Gasteiger partial charge in [0.15, 0.2) is 0 Å². The highest BCUT2D eigenvalue weighted by Gasteiger charge is 2.34. The van der Waals surface area contributed by atoms with Crippen LogP contribution in [-0.2, 0) is 9.59 Å². The second kappa shape index (κ2) is 5.90. The van der Waals surface area contributed by atoms with Crippen LogP contribution in [-0.4, -0.2) is 60.9 Å². The molecular formula is C14H25N3O2. The Kier molecular flexibility index (Phi) is 4.45. The van der Waals surface area contributed by atoms with E-state index in [0.717, 1.165) is 32.5 Å². The molecule has 2 amide bonds. The number of nitrogens with one attached hydrogen (secondary N) is 1. The molecule has 0 aliphatic carbocycles. The molecule has 2 saturated heterocycles. The summed E-state index contributed by atoms with van der Waals surface area (Å²) in [7, 11) is 2.10. The zero-order valence-corrected chi connectivity index (χ0v) is 12.2. The molecule has 2 unspecified atom stereocenters. The van der Waals surface area contributed by atoms with E-state index in [9.17, 15) is 9.59 Å². The topological polar surface area (TPSA) is 52.7 Å². The zero-order chi connectivity index (χ0) is 14.0. The Hall–Kier alpha value is -1.10. The van der Waals surface area contributed by atoms with Crippen LogP contribution in [0.15, 0.2) is 0 Å². The molecule has 0 aromatic heterocycles. The lowest BCUT2D eigenvalue weighted by molar-refractivity contribution is -0.145. The first kappa shape index (κ1) is 14.3. The van der Waals surface area contributed by atoms with Gasteiger partial charge in [0.2, 0.25) is 11.8 Å². The molecule has 0 radical (unpaired) electrons. The van der Waals surface area contributed by atoms with E-state index < -0.39 is 0 Å². The molecule has 2 rings (SSSR count). The lowest BCUT2D eigenvalue weighted by Crippen LogP contribution is -2.59. The van der Waals surface area contributed by atoms with Gasteiger partial charge in [-0.15, -0.1) is 0 Å². The summed E-state index contributed by atoms with van der Waals surface area (Å²) < 4.78 is 0. The molecule has 2 aliphatic rings. The van der Waals surface area contributed by atoms with E-state index in [4.69, 9.17) is 0 Å². The van der Waals surface area contributed by atoms with Gasteiger partial charge in [0, 0.05) is 13.1 Å². The number of piperazine rings is 1. The third kappa shape index (κ3) is 3.69. The van der Waals surface area contributed by atoms with Gasteiger partial charge >= 0.3 is 0 Å². The van der Waals surface area contributed by atoms with Gasteiger partial charge in [0.1, 0.15) is 6.04 Å². The van der Waals surface area contributed by atoms with E-state index in [-0.39, 0.29) is 24.4 Å². The summed E-state index contributed by atoms with van der Waals surface area (Å²) in [6, 6.07) is -0.319. The first-order valence-corrected chi connectivity index (χ1v) is 7.22. The summed E-state index contributed by atoms with van der Waals surface area (Å²) >= 11 is 0.